The molecule has 1 saturated heterocycles. The summed E-state index contributed by atoms with van der Waals surface area (Å²) in [5.74, 6) is 1.64. The van der Waals surface area contributed by atoms with Crippen molar-refractivity contribution in [2.24, 2.45) is 16.8 Å². The number of ether oxygens (including phenoxy) is 2. The number of hydrogen-bond donors (Lipinski definition) is 3. The van der Waals surface area contributed by atoms with Gasteiger partial charge in [-0.05, 0) is 43.4 Å². The van der Waals surface area contributed by atoms with Gasteiger partial charge < -0.3 is 25.4 Å². The number of nitrogens with zero attached hydrogens (tertiary/aromatic N) is 1. The molecule has 7 nitrogen and oxygen atoms in total. The van der Waals surface area contributed by atoms with E-state index in [4.69, 9.17) is 9.47 Å². The van der Waals surface area contributed by atoms with Crippen molar-refractivity contribution < 1.29 is 14.3 Å². The Bertz CT molecular complexity index is 698. The molecule has 2 aliphatic rings. The number of rotatable bonds is 10. The van der Waals surface area contributed by atoms with Gasteiger partial charge in [0.05, 0.1) is 13.2 Å². The molecule has 1 heterocycles. The average molecular weight is 431 g/mol. The van der Waals surface area contributed by atoms with E-state index in [0.717, 1.165) is 88.7 Å². The highest BCUT2D eigenvalue weighted by Gasteiger charge is 2.21. The summed E-state index contributed by atoms with van der Waals surface area (Å²) in [6.45, 7) is 4.68. The lowest BCUT2D eigenvalue weighted by molar-refractivity contribution is -0.120. The maximum absolute atomic E-state index is 12.5. The van der Waals surface area contributed by atoms with E-state index in [1.165, 1.54) is 6.42 Å². The lowest BCUT2D eigenvalue weighted by Gasteiger charge is -2.21. The Hall–Kier alpha value is -2.12. The Kier molecular flexibility index (Phi) is 10.1. The molecule has 1 aliphatic carbocycles. The maximum atomic E-state index is 12.5. The number of nitrogens with one attached hydrogen (secondary N) is 3. The fraction of sp³-hybridized carbons (Fsp3) is 0.667. The first-order valence-corrected chi connectivity index (χ1v) is 11.7. The predicted octanol–water partition coefficient (Wildman–Crippen LogP) is 3.31. The second kappa shape index (κ2) is 13.3. The Morgan fingerprint density at radius 1 is 1.19 bits per heavy atom. The van der Waals surface area contributed by atoms with Crippen LogP contribution in [0.2, 0.25) is 0 Å². The fourth-order valence-electron chi connectivity index (χ4n) is 4.12. The van der Waals surface area contributed by atoms with E-state index in [1.54, 1.807) is 7.05 Å². The summed E-state index contributed by atoms with van der Waals surface area (Å²) in [6, 6.07) is 8.02. The molecule has 3 rings (SSSR count). The van der Waals surface area contributed by atoms with Crippen molar-refractivity contribution in [3.05, 3.63) is 29.8 Å². The highest BCUT2D eigenvalue weighted by atomic mass is 16.5. The molecule has 172 valence electrons. The predicted molar refractivity (Wildman–Crippen MR) is 124 cm³/mol. The largest absolute Gasteiger partial charge is 0.381 e. The highest BCUT2D eigenvalue weighted by molar-refractivity contribution is 5.92. The molecule has 0 radical (unpaired) electrons. The zero-order valence-electron chi connectivity index (χ0n) is 18.8. The monoisotopic (exact) mass is 430 g/mol. The SMILES string of the molecule is CN=C(NCCCOCC1CCOC1)NCc1cccc(NC(=O)C2CCCCC2)c1. The quantitative estimate of drug-likeness (QED) is 0.301. The number of aliphatic imine (C=N–C) groups is 1. The third-order valence-corrected chi connectivity index (χ3v) is 5.99. The van der Waals surface area contributed by atoms with Gasteiger partial charge in [-0.3, -0.25) is 9.79 Å². The molecule has 0 aromatic heterocycles. The molecule has 1 saturated carbocycles. The van der Waals surface area contributed by atoms with Crippen LogP contribution in [0.25, 0.3) is 0 Å². The molecule has 1 aromatic carbocycles. The lowest BCUT2D eigenvalue weighted by atomic mass is 9.88. The summed E-state index contributed by atoms with van der Waals surface area (Å²) in [5.41, 5.74) is 1.97. The van der Waals surface area contributed by atoms with Crippen LogP contribution < -0.4 is 16.0 Å². The molecule has 0 spiro atoms. The van der Waals surface area contributed by atoms with Crippen molar-refractivity contribution in [1.29, 1.82) is 0 Å². The van der Waals surface area contributed by atoms with Crippen molar-refractivity contribution in [2.75, 3.05) is 45.3 Å². The summed E-state index contributed by atoms with van der Waals surface area (Å²) < 4.78 is 11.1. The van der Waals surface area contributed by atoms with Gasteiger partial charge in [0.1, 0.15) is 0 Å². The minimum atomic E-state index is 0.157. The van der Waals surface area contributed by atoms with E-state index in [0.29, 0.717) is 12.5 Å². The minimum Gasteiger partial charge on any atom is -0.381 e. The van der Waals surface area contributed by atoms with Gasteiger partial charge in [0.25, 0.3) is 0 Å². The third kappa shape index (κ3) is 8.50. The number of amides is 1. The molecule has 1 aromatic rings. The standard InChI is InChI=1S/C24H38N4O3/c1-25-24(26-12-6-13-30-17-20-11-14-31-18-20)27-16-19-7-5-10-22(15-19)28-23(29)21-8-3-2-4-9-21/h5,7,10,15,20-21H,2-4,6,8-9,11-14,16-18H2,1H3,(H,28,29)(H2,25,26,27). The van der Waals surface area contributed by atoms with Gasteiger partial charge >= 0.3 is 0 Å². The average Bonchev–Trinajstić information content (AvgIpc) is 3.32. The molecular formula is C24H38N4O3. The van der Waals surface area contributed by atoms with Crippen molar-refractivity contribution in [2.45, 2.75) is 51.5 Å². The lowest BCUT2D eigenvalue weighted by Crippen LogP contribution is -2.37. The van der Waals surface area contributed by atoms with E-state index in [2.05, 4.69) is 27.0 Å². The summed E-state index contributed by atoms with van der Waals surface area (Å²) in [7, 11) is 1.77. The van der Waals surface area contributed by atoms with Gasteiger partial charge in [0, 0.05) is 50.9 Å². The number of benzene rings is 1. The summed E-state index contributed by atoms with van der Waals surface area (Å²) in [5, 5.41) is 9.75. The first kappa shape index (κ1) is 23.5. The van der Waals surface area contributed by atoms with Crippen LogP contribution in [-0.4, -0.2) is 51.9 Å². The molecule has 1 amide bonds. The molecular weight excluding hydrogens is 392 g/mol. The molecule has 1 aliphatic heterocycles. The molecule has 2 fully saturated rings. The zero-order valence-corrected chi connectivity index (χ0v) is 18.8. The summed E-state index contributed by atoms with van der Waals surface area (Å²) in [6.07, 6.45) is 7.64. The third-order valence-electron chi connectivity index (χ3n) is 5.99. The first-order chi connectivity index (χ1) is 15.2. The van der Waals surface area contributed by atoms with Crippen LogP contribution in [0.1, 0.15) is 50.5 Å². The van der Waals surface area contributed by atoms with Crippen LogP contribution in [0.5, 0.6) is 0 Å². The van der Waals surface area contributed by atoms with Gasteiger partial charge in [0.15, 0.2) is 5.96 Å². The molecule has 3 N–H and O–H groups in total. The molecule has 31 heavy (non-hydrogen) atoms. The van der Waals surface area contributed by atoms with Crippen LogP contribution in [0.3, 0.4) is 0 Å². The van der Waals surface area contributed by atoms with Gasteiger partial charge in [-0.15, -0.1) is 0 Å². The number of hydrogen-bond acceptors (Lipinski definition) is 4. The van der Waals surface area contributed by atoms with Gasteiger partial charge in [-0.2, -0.15) is 0 Å². The van der Waals surface area contributed by atoms with Crippen LogP contribution in [0, 0.1) is 11.8 Å². The zero-order chi connectivity index (χ0) is 21.7. The topological polar surface area (TPSA) is 84.0 Å². The summed E-state index contributed by atoms with van der Waals surface area (Å²) >= 11 is 0. The van der Waals surface area contributed by atoms with Crippen molar-refractivity contribution in [3.63, 3.8) is 0 Å². The fourth-order valence-corrected chi connectivity index (χ4v) is 4.12. The minimum absolute atomic E-state index is 0.157. The number of carbonyl (C=O) groups excluding carboxylic acids is 1. The number of carbonyl (C=O) groups is 1. The van der Waals surface area contributed by atoms with E-state index in [9.17, 15) is 4.79 Å². The van der Waals surface area contributed by atoms with Crippen LogP contribution in [0.4, 0.5) is 5.69 Å². The number of anilines is 1. The van der Waals surface area contributed by atoms with E-state index >= 15 is 0 Å². The molecule has 1 unspecified atom stereocenters. The van der Waals surface area contributed by atoms with Gasteiger partial charge in [-0.25, -0.2) is 0 Å². The van der Waals surface area contributed by atoms with E-state index < -0.39 is 0 Å². The molecule has 7 heteroatoms. The second-order valence-corrected chi connectivity index (χ2v) is 8.54. The Morgan fingerprint density at radius 2 is 2.06 bits per heavy atom. The Balaban J connectivity index is 1.33. The van der Waals surface area contributed by atoms with Crippen molar-refractivity contribution >= 4 is 17.6 Å². The Labute approximate surface area is 186 Å². The van der Waals surface area contributed by atoms with Crippen LogP contribution in [0.15, 0.2) is 29.3 Å². The molecule has 1 atom stereocenters. The van der Waals surface area contributed by atoms with Gasteiger partial charge in [0.2, 0.25) is 5.91 Å². The van der Waals surface area contributed by atoms with Crippen molar-refractivity contribution in [1.82, 2.24) is 10.6 Å². The second-order valence-electron chi connectivity index (χ2n) is 8.54. The van der Waals surface area contributed by atoms with Crippen LogP contribution >= 0.6 is 0 Å². The Morgan fingerprint density at radius 3 is 2.84 bits per heavy atom. The molecule has 0 bridgehead atoms. The smallest absolute Gasteiger partial charge is 0.227 e. The van der Waals surface area contributed by atoms with E-state index in [-0.39, 0.29) is 11.8 Å². The number of guanidine groups is 1. The van der Waals surface area contributed by atoms with Gasteiger partial charge in [-0.1, -0.05) is 31.4 Å². The van der Waals surface area contributed by atoms with Crippen LogP contribution in [-0.2, 0) is 20.8 Å². The maximum Gasteiger partial charge on any atom is 0.227 e. The first-order valence-electron chi connectivity index (χ1n) is 11.7. The summed E-state index contributed by atoms with van der Waals surface area (Å²) in [4.78, 5) is 16.8. The van der Waals surface area contributed by atoms with E-state index in [1.807, 2.05) is 18.2 Å². The van der Waals surface area contributed by atoms with Crippen molar-refractivity contribution in [3.8, 4) is 0 Å². The normalized spacial score (nSPS) is 19.9. The highest BCUT2D eigenvalue weighted by Crippen LogP contribution is 2.25.